The van der Waals surface area contributed by atoms with Crippen molar-refractivity contribution in [3.63, 3.8) is 0 Å². The highest BCUT2D eigenvalue weighted by atomic mass is 79.9. The number of sulfone groups is 1. The predicted octanol–water partition coefficient (Wildman–Crippen LogP) is 2.44. The summed E-state index contributed by atoms with van der Waals surface area (Å²) in [5, 5.41) is 0. The zero-order valence-corrected chi connectivity index (χ0v) is 18.1. The Kier molecular flexibility index (Phi) is 5.95. The molecule has 0 saturated carbocycles. The number of halogens is 1. The van der Waals surface area contributed by atoms with Crippen LogP contribution in [0.25, 0.3) is 5.69 Å². The van der Waals surface area contributed by atoms with Crippen molar-refractivity contribution in [1.82, 2.24) is 15.4 Å². The number of hydrogen-bond acceptors (Lipinski definition) is 4. The number of aromatic nitrogens is 1. The van der Waals surface area contributed by atoms with E-state index in [9.17, 15) is 18.0 Å². The van der Waals surface area contributed by atoms with Gasteiger partial charge >= 0.3 is 0 Å². The minimum Gasteiger partial charge on any atom is -0.318 e. The van der Waals surface area contributed by atoms with E-state index in [2.05, 4.69) is 26.8 Å². The lowest BCUT2D eigenvalue weighted by Gasteiger charge is -2.11. The standard InChI is InChI=1S/C19H22BrN3O4S/c1-12-8-17(13(2)23(12)16-5-3-4-15(20)10-16)19(25)22-21-18(24)9-14-6-7-28(26,27)11-14/h3-5,8,10,14H,6-7,9,11H2,1-2H3,(H,21,24)(H,22,25). The number of aryl methyl sites for hydroxylation is 1. The molecular formula is C19H22BrN3O4S. The SMILES string of the molecule is Cc1cc(C(=O)NNC(=O)CC2CCS(=O)(=O)C2)c(C)n1-c1cccc(Br)c1. The third-order valence-electron chi connectivity index (χ3n) is 4.86. The summed E-state index contributed by atoms with van der Waals surface area (Å²) in [5.41, 5.74) is 7.85. The number of hydrogen-bond donors (Lipinski definition) is 2. The number of carbonyl (C=O) groups is 2. The van der Waals surface area contributed by atoms with Crippen LogP contribution < -0.4 is 10.9 Å². The van der Waals surface area contributed by atoms with E-state index in [0.717, 1.165) is 21.5 Å². The normalized spacial score (nSPS) is 18.0. The molecule has 0 spiro atoms. The lowest BCUT2D eigenvalue weighted by atomic mass is 10.1. The van der Waals surface area contributed by atoms with Crippen molar-refractivity contribution in [3.05, 3.63) is 51.8 Å². The van der Waals surface area contributed by atoms with Gasteiger partial charge in [-0.25, -0.2) is 8.42 Å². The van der Waals surface area contributed by atoms with E-state index in [1.165, 1.54) is 0 Å². The van der Waals surface area contributed by atoms with Gasteiger partial charge in [0.1, 0.15) is 0 Å². The molecule has 9 heteroatoms. The molecule has 0 radical (unpaired) electrons. The van der Waals surface area contributed by atoms with Gasteiger partial charge in [-0.15, -0.1) is 0 Å². The van der Waals surface area contributed by atoms with E-state index >= 15 is 0 Å². The van der Waals surface area contributed by atoms with E-state index in [1.54, 1.807) is 6.07 Å². The number of nitrogens with zero attached hydrogens (tertiary/aromatic N) is 1. The number of benzene rings is 1. The van der Waals surface area contributed by atoms with E-state index in [0.29, 0.717) is 12.0 Å². The quantitative estimate of drug-likeness (QED) is 0.674. The highest BCUT2D eigenvalue weighted by Gasteiger charge is 2.29. The second-order valence-corrected chi connectivity index (χ2v) is 10.2. The van der Waals surface area contributed by atoms with Gasteiger partial charge in [-0.1, -0.05) is 22.0 Å². The van der Waals surface area contributed by atoms with Gasteiger partial charge < -0.3 is 4.57 Å². The summed E-state index contributed by atoms with van der Waals surface area (Å²) in [7, 11) is -3.03. The van der Waals surface area contributed by atoms with Crippen LogP contribution in [0.4, 0.5) is 0 Å². The molecule has 1 aliphatic rings. The second-order valence-electron chi connectivity index (χ2n) is 7.08. The van der Waals surface area contributed by atoms with E-state index in [1.807, 2.05) is 42.7 Å². The Balaban J connectivity index is 1.65. The largest absolute Gasteiger partial charge is 0.318 e. The van der Waals surface area contributed by atoms with Crippen LogP contribution in [-0.2, 0) is 14.6 Å². The van der Waals surface area contributed by atoms with Crippen LogP contribution in [0.15, 0.2) is 34.8 Å². The van der Waals surface area contributed by atoms with E-state index in [4.69, 9.17) is 0 Å². The first-order valence-electron chi connectivity index (χ1n) is 8.91. The summed E-state index contributed by atoms with van der Waals surface area (Å²) in [4.78, 5) is 24.6. The van der Waals surface area contributed by atoms with Gasteiger partial charge in [0.2, 0.25) is 5.91 Å². The molecule has 1 aromatic heterocycles. The molecular weight excluding hydrogens is 446 g/mol. The van der Waals surface area contributed by atoms with Gasteiger partial charge in [-0.2, -0.15) is 0 Å². The van der Waals surface area contributed by atoms with Crippen molar-refractivity contribution in [2.45, 2.75) is 26.7 Å². The maximum atomic E-state index is 12.5. The van der Waals surface area contributed by atoms with Gasteiger partial charge in [0.15, 0.2) is 9.84 Å². The Hall–Kier alpha value is -2.13. The number of nitrogens with one attached hydrogen (secondary N) is 2. The van der Waals surface area contributed by atoms with Crippen molar-refractivity contribution in [2.75, 3.05) is 11.5 Å². The zero-order chi connectivity index (χ0) is 20.5. The lowest BCUT2D eigenvalue weighted by Crippen LogP contribution is -2.42. The van der Waals surface area contributed by atoms with Gasteiger partial charge in [0, 0.05) is 28.0 Å². The molecule has 2 N–H and O–H groups in total. The molecule has 1 aliphatic heterocycles. The Morgan fingerprint density at radius 1 is 1.21 bits per heavy atom. The van der Waals surface area contributed by atoms with Crippen LogP contribution in [-0.4, -0.2) is 36.3 Å². The highest BCUT2D eigenvalue weighted by molar-refractivity contribution is 9.10. The molecule has 3 rings (SSSR count). The van der Waals surface area contributed by atoms with Crippen molar-refractivity contribution in [1.29, 1.82) is 0 Å². The topological polar surface area (TPSA) is 97.3 Å². The number of carbonyl (C=O) groups excluding carboxylic acids is 2. The van der Waals surface area contributed by atoms with Crippen molar-refractivity contribution >= 4 is 37.6 Å². The lowest BCUT2D eigenvalue weighted by molar-refractivity contribution is -0.122. The van der Waals surface area contributed by atoms with Gasteiger partial charge in [0.25, 0.3) is 5.91 Å². The van der Waals surface area contributed by atoms with Gasteiger partial charge in [-0.3, -0.25) is 20.4 Å². The first-order valence-corrected chi connectivity index (χ1v) is 11.5. The summed E-state index contributed by atoms with van der Waals surface area (Å²) >= 11 is 3.45. The second kappa shape index (κ2) is 8.08. The summed E-state index contributed by atoms with van der Waals surface area (Å²) in [6.45, 7) is 3.75. The smallest absolute Gasteiger partial charge is 0.271 e. The van der Waals surface area contributed by atoms with Crippen molar-refractivity contribution in [2.24, 2.45) is 5.92 Å². The molecule has 28 heavy (non-hydrogen) atoms. The van der Waals surface area contributed by atoms with Crippen LogP contribution >= 0.6 is 15.9 Å². The average Bonchev–Trinajstić information content (AvgIpc) is 3.11. The third kappa shape index (κ3) is 4.64. The monoisotopic (exact) mass is 467 g/mol. The summed E-state index contributed by atoms with van der Waals surface area (Å²) in [5.74, 6) is -0.845. The Morgan fingerprint density at radius 3 is 2.61 bits per heavy atom. The van der Waals surface area contributed by atoms with E-state index in [-0.39, 0.29) is 23.8 Å². The third-order valence-corrected chi connectivity index (χ3v) is 7.19. The van der Waals surface area contributed by atoms with Crippen LogP contribution in [0.3, 0.4) is 0 Å². The molecule has 2 aromatic rings. The minimum absolute atomic E-state index is 0.0299. The first-order chi connectivity index (χ1) is 13.2. The maximum absolute atomic E-state index is 12.5. The maximum Gasteiger partial charge on any atom is 0.271 e. The molecule has 1 aromatic carbocycles. The van der Waals surface area contributed by atoms with Crippen molar-refractivity contribution in [3.8, 4) is 5.69 Å². The molecule has 2 amide bonds. The fourth-order valence-corrected chi connectivity index (χ4v) is 5.79. The fourth-order valence-electron chi connectivity index (χ4n) is 3.55. The fraction of sp³-hybridized carbons (Fsp3) is 0.368. The first kappa shape index (κ1) is 20.6. The summed E-state index contributed by atoms with van der Waals surface area (Å²) in [6.07, 6.45) is 0.564. The Bertz CT molecular complexity index is 1030. The predicted molar refractivity (Wildman–Crippen MR) is 110 cm³/mol. The molecule has 0 bridgehead atoms. The van der Waals surface area contributed by atoms with Crippen LogP contribution in [0.5, 0.6) is 0 Å². The van der Waals surface area contributed by atoms with Gasteiger partial charge in [0.05, 0.1) is 17.1 Å². The summed E-state index contributed by atoms with van der Waals surface area (Å²) < 4.78 is 25.9. The Labute approximate surface area is 172 Å². The molecule has 2 heterocycles. The van der Waals surface area contributed by atoms with Crippen molar-refractivity contribution < 1.29 is 18.0 Å². The van der Waals surface area contributed by atoms with Crippen LogP contribution in [0.1, 0.15) is 34.6 Å². The minimum atomic E-state index is -3.03. The number of amides is 2. The molecule has 1 atom stereocenters. The molecule has 1 saturated heterocycles. The number of rotatable bonds is 4. The molecule has 1 fully saturated rings. The van der Waals surface area contributed by atoms with E-state index < -0.39 is 21.7 Å². The zero-order valence-electron chi connectivity index (χ0n) is 15.7. The molecule has 7 nitrogen and oxygen atoms in total. The average molecular weight is 468 g/mol. The summed E-state index contributed by atoms with van der Waals surface area (Å²) in [6, 6.07) is 9.52. The molecule has 0 aliphatic carbocycles. The molecule has 1 unspecified atom stereocenters. The highest BCUT2D eigenvalue weighted by Crippen LogP contribution is 2.23. The van der Waals surface area contributed by atoms with Gasteiger partial charge in [-0.05, 0) is 50.5 Å². The Morgan fingerprint density at radius 2 is 1.96 bits per heavy atom. The number of hydrazine groups is 1. The van der Waals surface area contributed by atoms with Crippen LogP contribution in [0.2, 0.25) is 0 Å². The van der Waals surface area contributed by atoms with Crippen LogP contribution in [0, 0.1) is 19.8 Å². The molecule has 150 valence electrons.